The summed E-state index contributed by atoms with van der Waals surface area (Å²) in [5.74, 6) is 1.76. The second-order valence-corrected chi connectivity index (χ2v) is 8.61. The van der Waals surface area contributed by atoms with E-state index in [9.17, 15) is 0 Å². The average molecular weight is 436 g/mol. The molecule has 156 valence electrons. The molecule has 2 fully saturated rings. The highest BCUT2D eigenvalue weighted by molar-refractivity contribution is 6.34. The summed E-state index contributed by atoms with van der Waals surface area (Å²) in [6.45, 7) is 6.06. The van der Waals surface area contributed by atoms with Crippen LogP contribution in [0.25, 0.3) is 0 Å². The fraction of sp³-hybridized carbons (Fsp3) is 0.524. The summed E-state index contributed by atoms with van der Waals surface area (Å²) in [5.41, 5.74) is 1.16. The van der Waals surface area contributed by atoms with E-state index in [-0.39, 0.29) is 0 Å². The van der Waals surface area contributed by atoms with Crippen molar-refractivity contribution in [2.24, 2.45) is 0 Å². The maximum atomic E-state index is 6.17. The molecule has 2 aliphatic rings. The van der Waals surface area contributed by atoms with E-state index in [1.807, 2.05) is 24.4 Å². The van der Waals surface area contributed by atoms with Crippen molar-refractivity contribution in [1.29, 1.82) is 0 Å². The van der Waals surface area contributed by atoms with Crippen molar-refractivity contribution >= 4 is 35.0 Å². The van der Waals surface area contributed by atoms with E-state index in [4.69, 9.17) is 32.9 Å². The number of likely N-dealkylation sites (N-methyl/N-ethyl adjacent to an activating group) is 1. The third-order valence-electron chi connectivity index (χ3n) is 5.64. The first kappa shape index (κ1) is 20.7. The monoisotopic (exact) mass is 435 g/mol. The molecule has 1 aromatic heterocycles. The van der Waals surface area contributed by atoms with E-state index in [0.29, 0.717) is 16.1 Å². The fourth-order valence-corrected chi connectivity index (χ4v) is 4.66. The molecule has 0 saturated carbocycles. The highest BCUT2D eigenvalue weighted by atomic mass is 35.5. The van der Waals surface area contributed by atoms with Crippen LogP contribution in [0.5, 0.6) is 0 Å². The van der Waals surface area contributed by atoms with Crippen LogP contribution >= 0.6 is 23.2 Å². The van der Waals surface area contributed by atoms with Crippen molar-refractivity contribution in [2.45, 2.75) is 25.4 Å². The molecule has 1 atom stereocenters. The lowest BCUT2D eigenvalue weighted by atomic mass is 10.0. The maximum absolute atomic E-state index is 6.17. The first-order valence-electron chi connectivity index (χ1n) is 10.1. The second-order valence-electron chi connectivity index (χ2n) is 7.73. The van der Waals surface area contributed by atoms with Crippen molar-refractivity contribution in [3.05, 3.63) is 46.1 Å². The zero-order valence-corrected chi connectivity index (χ0v) is 18.2. The van der Waals surface area contributed by atoms with E-state index in [1.54, 1.807) is 6.07 Å². The predicted octanol–water partition coefficient (Wildman–Crippen LogP) is 3.72. The van der Waals surface area contributed by atoms with Crippen LogP contribution in [-0.2, 0) is 11.3 Å². The summed E-state index contributed by atoms with van der Waals surface area (Å²) in [6.07, 6.45) is 4.17. The Morgan fingerprint density at radius 3 is 2.66 bits per heavy atom. The SMILES string of the molecule is CN(c1ccnc(N2CCOCC2)n1)C1CCCN(Cc2cc(Cl)cc(Cl)c2)C1. The summed E-state index contributed by atoms with van der Waals surface area (Å²) in [5, 5.41) is 1.38. The summed E-state index contributed by atoms with van der Waals surface area (Å²) in [6, 6.07) is 8.19. The van der Waals surface area contributed by atoms with Crippen molar-refractivity contribution in [3.63, 3.8) is 0 Å². The van der Waals surface area contributed by atoms with Gasteiger partial charge in [-0.2, -0.15) is 4.98 Å². The molecule has 8 heteroatoms. The molecule has 3 heterocycles. The smallest absolute Gasteiger partial charge is 0.227 e. The van der Waals surface area contributed by atoms with Crippen LogP contribution in [0.15, 0.2) is 30.5 Å². The zero-order valence-electron chi connectivity index (χ0n) is 16.7. The minimum Gasteiger partial charge on any atom is -0.378 e. The number of nitrogens with zero attached hydrogens (tertiary/aromatic N) is 5. The normalized spacial score (nSPS) is 20.7. The Morgan fingerprint density at radius 1 is 1.14 bits per heavy atom. The zero-order chi connectivity index (χ0) is 20.2. The van der Waals surface area contributed by atoms with Gasteiger partial charge < -0.3 is 14.5 Å². The lowest BCUT2D eigenvalue weighted by Crippen LogP contribution is -2.46. The van der Waals surface area contributed by atoms with Gasteiger partial charge in [0.05, 0.1) is 13.2 Å². The van der Waals surface area contributed by atoms with Crippen LogP contribution in [0.4, 0.5) is 11.8 Å². The molecule has 0 aliphatic carbocycles. The van der Waals surface area contributed by atoms with Crippen molar-refractivity contribution < 1.29 is 4.74 Å². The minimum absolute atomic E-state index is 0.408. The molecule has 6 nitrogen and oxygen atoms in total. The Morgan fingerprint density at radius 2 is 1.90 bits per heavy atom. The Hall–Kier alpha value is -1.60. The van der Waals surface area contributed by atoms with Gasteiger partial charge in [0.25, 0.3) is 0 Å². The molecule has 0 spiro atoms. The molecular formula is C21H27Cl2N5O. The van der Waals surface area contributed by atoms with Crippen LogP contribution in [0.3, 0.4) is 0 Å². The first-order chi connectivity index (χ1) is 14.1. The molecule has 4 rings (SSSR count). The third kappa shape index (κ3) is 5.31. The van der Waals surface area contributed by atoms with Gasteiger partial charge in [0.2, 0.25) is 5.95 Å². The third-order valence-corrected chi connectivity index (χ3v) is 6.08. The first-order valence-corrected chi connectivity index (χ1v) is 10.9. The van der Waals surface area contributed by atoms with Crippen molar-refractivity contribution in [3.8, 4) is 0 Å². The molecule has 0 N–H and O–H groups in total. The number of likely N-dealkylation sites (tertiary alicyclic amines) is 1. The second kappa shape index (κ2) is 9.47. The maximum Gasteiger partial charge on any atom is 0.227 e. The fourth-order valence-electron chi connectivity index (χ4n) is 4.09. The van der Waals surface area contributed by atoms with Gasteiger partial charge in [-0.05, 0) is 49.2 Å². The van der Waals surface area contributed by atoms with Crippen molar-refractivity contribution in [1.82, 2.24) is 14.9 Å². The Balaban J connectivity index is 1.42. The molecule has 0 amide bonds. The molecule has 2 aromatic rings. The van der Waals surface area contributed by atoms with Gasteiger partial charge in [0.1, 0.15) is 5.82 Å². The van der Waals surface area contributed by atoms with Gasteiger partial charge in [0, 0.05) is 55.5 Å². The number of rotatable bonds is 5. The quantitative estimate of drug-likeness (QED) is 0.712. The molecule has 0 radical (unpaired) electrons. The number of aromatic nitrogens is 2. The minimum atomic E-state index is 0.408. The van der Waals surface area contributed by atoms with Gasteiger partial charge in [-0.15, -0.1) is 0 Å². The van der Waals surface area contributed by atoms with Gasteiger partial charge in [-0.25, -0.2) is 4.98 Å². The average Bonchev–Trinajstić information content (AvgIpc) is 2.73. The highest BCUT2D eigenvalue weighted by Gasteiger charge is 2.25. The van der Waals surface area contributed by atoms with E-state index in [1.165, 1.54) is 0 Å². The Kier molecular flexibility index (Phi) is 6.75. The summed E-state index contributed by atoms with van der Waals surface area (Å²) in [4.78, 5) is 16.3. The van der Waals surface area contributed by atoms with Crippen LogP contribution in [0, 0.1) is 0 Å². The standard InChI is InChI=1S/C21H27Cl2N5O/c1-26(20-4-5-24-21(25-20)28-7-9-29-10-8-28)19-3-2-6-27(15-19)14-16-11-17(22)13-18(23)12-16/h4-5,11-13,19H,2-3,6-10,14-15H2,1H3. The van der Waals surface area contributed by atoms with Crippen LogP contribution < -0.4 is 9.80 Å². The van der Waals surface area contributed by atoms with Crippen LogP contribution in [-0.4, -0.2) is 67.4 Å². The molecule has 2 aliphatic heterocycles. The largest absolute Gasteiger partial charge is 0.378 e. The molecule has 29 heavy (non-hydrogen) atoms. The lowest BCUT2D eigenvalue weighted by Gasteiger charge is -2.38. The summed E-state index contributed by atoms with van der Waals surface area (Å²) in [7, 11) is 2.13. The molecule has 1 unspecified atom stereocenters. The number of hydrogen-bond donors (Lipinski definition) is 0. The summed E-state index contributed by atoms with van der Waals surface area (Å²) < 4.78 is 5.44. The summed E-state index contributed by atoms with van der Waals surface area (Å²) >= 11 is 12.3. The molecule has 1 aromatic carbocycles. The number of hydrogen-bond acceptors (Lipinski definition) is 6. The van der Waals surface area contributed by atoms with Gasteiger partial charge in [-0.3, -0.25) is 4.90 Å². The van der Waals surface area contributed by atoms with Gasteiger partial charge in [-0.1, -0.05) is 23.2 Å². The van der Waals surface area contributed by atoms with Crippen LogP contribution in [0.2, 0.25) is 10.0 Å². The number of ether oxygens (including phenoxy) is 1. The number of morpholine rings is 1. The highest BCUT2D eigenvalue weighted by Crippen LogP contribution is 2.25. The van der Waals surface area contributed by atoms with E-state index < -0.39 is 0 Å². The van der Waals surface area contributed by atoms with Crippen LogP contribution in [0.1, 0.15) is 18.4 Å². The number of benzene rings is 1. The molecule has 2 saturated heterocycles. The lowest BCUT2D eigenvalue weighted by molar-refractivity contribution is 0.122. The van der Waals surface area contributed by atoms with E-state index >= 15 is 0 Å². The van der Waals surface area contributed by atoms with Crippen molar-refractivity contribution in [2.75, 3.05) is 56.2 Å². The van der Waals surface area contributed by atoms with Gasteiger partial charge in [0.15, 0.2) is 0 Å². The van der Waals surface area contributed by atoms with E-state index in [2.05, 4.69) is 26.7 Å². The number of halogens is 2. The Bertz CT molecular complexity index is 810. The van der Waals surface area contributed by atoms with Gasteiger partial charge >= 0.3 is 0 Å². The Labute approximate surface area is 182 Å². The topological polar surface area (TPSA) is 44.7 Å². The molecule has 0 bridgehead atoms. The number of anilines is 2. The van der Waals surface area contributed by atoms with E-state index in [0.717, 1.165) is 76.1 Å². The predicted molar refractivity (Wildman–Crippen MR) is 118 cm³/mol. The number of piperidine rings is 1. The molecular weight excluding hydrogens is 409 g/mol.